The summed E-state index contributed by atoms with van der Waals surface area (Å²) >= 11 is 0. The second-order valence-corrected chi connectivity index (χ2v) is 9.56. The zero-order chi connectivity index (χ0) is 22.7. The molecule has 0 aliphatic rings. The first-order valence-electron chi connectivity index (χ1n) is 10.8. The van der Waals surface area contributed by atoms with Crippen LogP contribution in [0, 0.1) is 0 Å². The normalized spacial score (nSPS) is 11.3. The molecule has 2 rings (SSSR count). The van der Waals surface area contributed by atoms with Gasteiger partial charge in [-0.15, -0.1) is 0 Å². The average molecular weight is 448 g/mol. The summed E-state index contributed by atoms with van der Waals surface area (Å²) in [4.78, 5) is 11.6. The zero-order valence-electron chi connectivity index (χ0n) is 18.4. The Morgan fingerprint density at radius 3 is 2.19 bits per heavy atom. The molecule has 0 saturated heterocycles. The van der Waals surface area contributed by atoms with Crippen LogP contribution >= 0.6 is 0 Å². The number of aromatic carboxylic acids is 1. The summed E-state index contributed by atoms with van der Waals surface area (Å²) in [5.41, 5.74) is 2.08. The standard InChI is InChI=1S/C24H33NO5S/c1-3-4-5-6-7-8-17-31(28,29)25-23-18-20(13-16-22(23)24(26)27)10-9-19-11-14-21(30-2)15-12-19/h11-16,18,25H,3-10,17H2,1-2H3,(H,26,27). The summed E-state index contributed by atoms with van der Waals surface area (Å²) in [7, 11) is -1.98. The molecule has 170 valence electrons. The number of benzene rings is 2. The van der Waals surface area contributed by atoms with Crippen molar-refractivity contribution in [3.05, 3.63) is 59.2 Å². The van der Waals surface area contributed by atoms with Crippen LogP contribution in [0.4, 0.5) is 5.69 Å². The number of unbranched alkanes of at least 4 members (excludes halogenated alkanes) is 5. The van der Waals surface area contributed by atoms with E-state index in [4.69, 9.17) is 4.74 Å². The van der Waals surface area contributed by atoms with E-state index in [1.165, 1.54) is 6.07 Å². The average Bonchev–Trinajstić information content (AvgIpc) is 2.74. The highest BCUT2D eigenvalue weighted by Gasteiger charge is 2.17. The number of carboxylic acid groups (broad SMARTS) is 1. The summed E-state index contributed by atoms with van der Waals surface area (Å²) in [6.45, 7) is 2.14. The third-order valence-corrected chi connectivity index (χ3v) is 6.56. The van der Waals surface area contributed by atoms with Crippen LogP contribution in [-0.4, -0.2) is 32.4 Å². The maximum absolute atomic E-state index is 12.5. The molecule has 7 heteroatoms. The van der Waals surface area contributed by atoms with Crippen molar-refractivity contribution in [2.24, 2.45) is 0 Å². The molecule has 0 amide bonds. The Balaban J connectivity index is 2.02. The van der Waals surface area contributed by atoms with Crippen molar-refractivity contribution in [3.8, 4) is 5.75 Å². The molecule has 0 fully saturated rings. The number of carboxylic acids is 1. The van der Waals surface area contributed by atoms with E-state index >= 15 is 0 Å². The van der Waals surface area contributed by atoms with Crippen molar-refractivity contribution in [2.45, 2.75) is 58.3 Å². The fraction of sp³-hybridized carbons (Fsp3) is 0.458. The highest BCUT2D eigenvalue weighted by atomic mass is 32.2. The van der Waals surface area contributed by atoms with Gasteiger partial charge in [0.05, 0.1) is 24.1 Å². The number of nitrogens with one attached hydrogen (secondary N) is 1. The molecule has 0 aromatic heterocycles. The van der Waals surface area contributed by atoms with Crippen molar-refractivity contribution in [2.75, 3.05) is 17.6 Å². The first-order chi connectivity index (χ1) is 14.8. The van der Waals surface area contributed by atoms with Gasteiger partial charge in [-0.3, -0.25) is 4.72 Å². The molecule has 0 unspecified atom stereocenters. The van der Waals surface area contributed by atoms with E-state index in [-0.39, 0.29) is 17.0 Å². The number of hydrogen-bond donors (Lipinski definition) is 2. The van der Waals surface area contributed by atoms with Gasteiger partial charge in [0.2, 0.25) is 10.0 Å². The van der Waals surface area contributed by atoms with Gasteiger partial charge in [-0.1, -0.05) is 57.2 Å². The zero-order valence-corrected chi connectivity index (χ0v) is 19.2. The van der Waals surface area contributed by atoms with E-state index in [0.29, 0.717) is 12.8 Å². The number of sulfonamides is 1. The lowest BCUT2D eigenvalue weighted by Gasteiger charge is -2.13. The van der Waals surface area contributed by atoms with E-state index in [1.807, 2.05) is 24.3 Å². The Kier molecular flexibility index (Phi) is 9.85. The van der Waals surface area contributed by atoms with Crippen molar-refractivity contribution in [1.82, 2.24) is 0 Å². The summed E-state index contributed by atoms with van der Waals surface area (Å²) in [6, 6.07) is 12.6. The van der Waals surface area contributed by atoms with Gasteiger partial charge in [-0.25, -0.2) is 13.2 Å². The van der Waals surface area contributed by atoms with Crippen LogP contribution in [0.1, 0.15) is 66.9 Å². The molecule has 2 aromatic carbocycles. The van der Waals surface area contributed by atoms with Crippen LogP contribution in [0.2, 0.25) is 0 Å². The fourth-order valence-electron chi connectivity index (χ4n) is 3.39. The van der Waals surface area contributed by atoms with E-state index in [0.717, 1.165) is 55.4 Å². The molecule has 0 aliphatic carbocycles. The van der Waals surface area contributed by atoms with Crippen LogP contribution < -0.4 is 9.46 Å². The maximum Gasteiger partial charge on any atom is 0.337 e. The number of methoxy groups -OCH3 is 1. The molecule has 0 aliphatic heterocycles. The van der Waals surface area contributed by atoms with Gasteiger partial charge < -0.3 is 9.84 Å². The lowest BCUT2D eigenvalue weighted by molar-refractivity contribution is 0.0698. The van der Waals surface area contributed by atoms with E-state index < -0.39 is 16.0 Å². The molecule has 2 aromatic rings. The Labute approximate surface area is 185 Å². The molecule has 0 radical (unpaired) electrons. The molecular weight excluding hydrogens is 414 g/mol. The van der Waals surface area contributed by atoms with Gasteiger partial charge in [-0.2, -0.15) is 0 Å². The summed E-state index contributed by atoms with van der Waals surface area (Å²) in [6.07, 6.45) is 7.28. The van der Waals surface area contributed by atoms with Gasteiger partial charge in [0.25, 0.3) is 0 Å². The first kappa shape index (κ1) is 24.7. The van der Waals surface area contributed by atoms with Crippen molar-refractivity contribution in [1.29, 1.82) is 0 Å². The number of aryl methyl sites for hydroxylation is 2. The van der Waals surface area contributed by atoms with Crippen molar-refractivity contribution in [3.63, 3.8) is 0 Å². The SMILES string of the molecule is CCCCCCCCS(=O)(=O)Nc1cc(CCc2ccc(OC)cc2)ccc1C(=O)O. The molecule has 0 atom stereocenters. The van der Waals surface area contributed by atoms with Crippen LogP contribution in [-0.2, 0) is 22.9 Å². The molecule has 6 nitrogen and oxygen atoms in total. The fourth-order valence-corrected chi connectivity index (χ4v) is 4.58. The van der Waals surface area contributed by atoms with Crippen molar-refractivity contribution < 1.29 is 23.1 Å². The third-order valence-electron chi connectivity index (χ3n) is 5.21. The summed E-state index contributed by atoms with van der Waals surface area (Å²) < 4.78 is 32.7. The highest BCUT2D eigenvalue weighted by molar-refractivity contribution is 7.92. The monoisotopic (exact) mass is 447 g/mol. The summed E-state index contributed by atoms with van der Waals surface area (Å²) in [5, 5.41) is 9.46. The van der Waals surface area contributed by atoms with Gasteiger partial charge in [0, 0.05) is 0 Å². The third kappa shape index (κ3) is 8.61. The van der Waals surface area contributed by atoms with E-state index in [1.54, 1.807) is 19.2 Å². The minimum Gasteiger partial charge on any atom is -0.497 e. The number of anilines is 1. The van der Waals surface area contributed by atoms with E-state index in [9.17, 15) is 18.3 Å². The Hall–Kier alpha value is -2.54. The first-order valence-corrected chi connectivity index (χ1v) is 12.5. The summed E-state index contributed by atoms with van der Waals surface area (Å²) in [5.74, 6) is -0.371. The number of hydrogen-bond acceptors (Lipinski definition) is 4. The second-order valence-electron chi connectivity index (χ2n) is 7.72. The van der Waals surface area contributed by atoms with Gasteiger partial charge in [0.1, 0.15) is 5.75 Å². The predicted octanol–water partition coefficient (Wildman–Crippen LogP) is 5.28. The van der Waals surface area contributed by atoms with Crippen LogP contribution in [0.3, 0.4) is 0 Å². The number of rotatable bonds is 14. The van der Waals surface area contributed by atoms with Crippen LogP contribution in [0.25, 0.3) is 0 Å². The minimum absolute atomic E-state index is 0.00569. The molecule has 31 heavy (non-hydrogen) atoms. The second kappa shape index (κ2) is 12.3. The smallest absolute Gasteiger partial charge is 0.337 e. The maximum atomic E-state index is 12.5. The molecule has 0 heterocycles. The Morgan fingerprint density at radius 1 is 0.935 bits per heavy atom. The van der Waals surface area contributed by atoms with E-state index in [2.05, 4.69) is 11.6 Å². The lowest BCUT2D eigenvalue weighted by Crippen LogP contribution is -2.19. The Bertz CT molecular complexity index is 939. The molecule has 0 saturated carbocycles. The Morgan fingerprint density at radius 2 is 1.55 bits per heavy atom. The van der Waals surface area contributed by atoms with Crippen molar-refractivity contribution >= 4 is 21.7 Å². The predicted molar refractivity (Wildman–Crippen MR) is 125 cm³/mol. The molecule has 2 N–H and O–H groups in total. The van der Waals surface area contributed by atoms with Gasteiger partial charge in [0.15, 0.2) is 0 Å². The molecule has 0 spiro atoms. The number of ether oxygens (including phenoxy) is 1. The lowest BCUT2D eigenvalue weighted by atomic mass is 10.0. The minimum atomic E-state index is -3.60. The quantitative estimate of drug-likeness (QED) is 0.384. The topological polar surface area (TPSA) is 92.7 Å². The van der Waals surface area contributed by atoms with Crippen LogP contribution in [0.15, 0.2) is 42.5 Å². The molecular formula is C24H33NO5S. The largest absolute Gasteiger partial charge is 0.497 e. The van der Waals surface area contributed by atoms with Gasteiger partial charge in [-0.05, 0) is 54.7 Å². The van der Waals surface area contributed by atoms with Gasteiger partial charge >= 0.3 is 5.97 Å². The van der Waals surface area contributed by atoms with Crippen LogP contribution in [0.5, 0.6) is 5.75 Å². The highest BCUT2D eigenvalue weighted by Crippen LogP contribution is 2.22. The number of carbonyl (C=O) groups is 1. The molecule has 0 bridgehead atoms.